The van der Waals surface area contributed by atoms with Crippen molar-refractivity contribution in [3.63, 3.8) is 0 Å². The van der Waals surface area contributed by atoms with Gasteiger partial charge in [0.05, 0.1) is 5.92 Å². The predicted molar refractivity (Wildman–Crippen MR) is 51.4 cm³/mol. The Labute approximate surface area is 78.2 Å². The smallest absolute Gasteiger partial charge is 0.306 e. The monoisotopic (exact) mass is 178 g/mol. The third-order valence-corrected chi connectivity index (χ3v) is 2.12. The first-order valence-corrected chi connectivity index (χ1v) is 4.53. The molecule has 1 aromatic carbocycles. The molecule has 1 aromatic rings. The summed E-state index contributed by atoms with van der Waals surface area (Å²) < 4.78 is 0. The zero-order valence-corrected chi connectivity index (χ0v) is 7.52. The molecule has 0 aliphatic heterocycles. The van der Waals surface area contributed by atoms with Gasteiger partial charge < -0.3 is 5.11 Å². The zero-order valence-electron chi connectivity index (χ0n) is 7.52. The molecule has 0 unspecified atom stereocenters. The lowest BCUT2D eigenvalue weighted by Crippen LogP contribution is -2.20. The second-order valence-corrected chi connectivity index (χ2v) is 3.12. The van der Waals surface area contributed by atoms with Crippen molar-refractivity contribution in [1.82, 2.24) is 0 Å². The highest BCUT2D eigenvalue weighted by Gasteiger charge is 2.23. The van der Waals surface area contributed by atoms with Crippen LogP contribution in [0.15, 0.2) is 36.4 Å². The molecule has 1 saturated carbocycles. The van der Waals surface area contributed by atoms with Gasteiger partial charge in [0.1, 0.15) is 0 Å². The zero-order chi connectivity index (χ0) is 9.52. The summed E-state index contributed by atoms with van der Waals surface area (Å²) in [6.07, 6.45) is 2.90. The maximum atomic E-state index is 9.98. The fourth-order valence-corrected chi connectivity index (χ4v) is 1.04. The summed E-state index contributed by atoms with van der Waals surface area (Å²) in [4.78, 5) is 9.98. The summed E-state index contributed by atoms with van der Waals surface area (Å²) in [7, 11) is 0. The van der Waals surface area contributed by atoms with Gasteiger partial charge in [-0.15, -0.1) is 0 Å². The summed E-state index contributed by atoms with van der Waals surface area (Å²) >= 11 is 0. The van der Waals surface area contributed by atoms with Gasteiger partial charge in [0.2, 0.25) is 0 Å². The minimum absolute atomic E-state index is 0.000000000000000444. The first kappa shape index (κ1) is 9.78. The average Bonchev–Trinajstić information content (AvgIpc) is 2.04. The van der Waals surface area contributed by atoms with Crippen LogP contribution in [0.25, 0.3) is 0 Å². The topological polar surface area (TPSA) is 37.3 Å². The molecule has 0 radical (unpaired) electrons. The Bertz CT molecular complexity index is 213. The van der Waals surface area contributed by atoms with Gasteiger partial charge in [-0.1, -0.05) is 42.8 Å². The Balaban J connectivity index is 0.000000132. The van der Waals surface area contributed by atoms with E-state index in [-0.39, 0.29) is 5.92 Å². The summed E-state index contributed by atoms with van der Waals surface area (Å²) in [5.41, 5.74) is 0. The summed E-state index contributed by atoms with van der Waals surface area (Å²) in [6, 6.07) is 12.0. The first-order chi connectivity index (χ1) is 6.30. The molecule has 1 fully saturated rings. The minimum atomic E-state index is -0.619. The lowest BCUT2D eigenvalue weighted by Gasteiger charge is -2.19. The van der Waals surface area contributed by atoms with Gasteiger partial charge in [-0.3, -0.25) is 4.79 Å². The number of hydrogen-bond acceptors (Lipinski definition) is 1. The van der Waals surface area contributed by atoms with Crippen molar-refractivity contribution in [2.75, 3.05) is 0 Å². The van der Waals surface area contributed by atoms with E-state index in [4.69, 9.17) is 5.11 Å². The first-order valence-electron chi connectivity index (χ1n) is 4.53. The van der Waals surface area contributed by atoms with E-state index in [2.05, 4.69) is 0 Å². The van der Waals surface area contributed by atoms with Gasteiger partial charge in [-0.2, -0.15) is 0 Å². The van der Waals surface area contributed by atoms with Crippen molar-refractivity contribution < 1.29 is 9.90 Å². The van der Waals surface area contributed by atoms with Crippen molar-refractivity contribution in [1.29, 1.82) is 0 Å². The third kappa shape index (κ3) is 3.74. The number of carboxylic acids is 1. The van der Waals surface area contributed by atoms with E-state index >= 15 is 0 Å². The quantitative estimate of drug-likeness (QED) is 0.717. The number of rotatable bonds is 1. The van der Waals surface area contributed by atoms with Crippen LogP contribution in [0.3, 0.4) is 0 Å². The Morgan fingerprint density at radius 3 is 1.46 bits per heavy atom. The SMILES string of the molecule is O=C(O)C1CCC1.c1ccccc1. The molecule has 1 aliphatic carbocycles. The third-order valence-electron chi connectivity index (χ3n) is 2.12. The normalized spacial score (nSPS) is 15.1. The standard InChI is InChI=1S/C6H6.C5H8O2/c1-2-4-6-5-3-1;6-5(7)4-2-1-3-4/h1-6H;4H,1-3H2,(H,6,7). The molecule has 0 bridgehead atoms. The molecule has 1 aliphatic rings. The fraction of sp³-hybridized carbons (Fsp3) is 0.364. The molecule has 0 amide bonds. The van der Waals surface area contributed by atoms with Crippen LogP contribution in [-0.2, 0) is 4.79 Å². The Hall–Kier alpha value is -1.31. The molecule has 0 atom stereocenters. The van der Waals surface area contributed by atoms with E-state index < -0.39 is 5.97 Å². The summed E-state index contributed by atoms with van der Waals surface area (Å²) in [6.45, 7) is 0. The Morgan fingerprint density at radius 1 is 1.00 bits per heavy atom. The van der Waals surface area contributed by atoms with Gasteiger partial charge in [0.15, 0.2) is 0 Å². The second-order valence-electron chi connectivity index (χ2n) is 3.12. The van der Waals surface area contributed by atoms with Crippen LogP contribution in [-0.4, -0.2) is 11.1 Å². The van der Waals surface area contributed by atoms with Crippen molar-refractivity contribution in [2.24, 2.45) is 5.92 Å². The summed E-state index contributed by atoms with van der Waals surface area (Å²) in [5, 5.41) is 8.23. The average molecular weight is 178 g/mol. The van der Waals surface area contributed by atoms with Crippen LogP contribution in [0.5, 0.6) is 0 Å². The summed E-state index contributed by atoms with van der Waals surface area (Å²) in [5.74, 6) is -0.619. The van der Waals surface area contributed by atoms with E-state index in [0.717, 1.165) is 19.3 Å². The predicted octanol–water partition coefficient (Wildman–Crippen LogP) is 2.56. The molecular formula is C11H14O2. The number of hydrogen-bond donors (Lipinski definition) is 1. The number of carboxylic acid groups (broad SMARTS) is 1. The van der Waals surface area contributed by atoms with E-state index in [1.165, 1.54) is 0 Å². The minimum Gasteiger partial charge on any atom is -0.481 e. The molecule has 70 valence electrons. The molecule has 2 heteroatoms. The van der Waals surface area contributed by atoms with Crippen molar-refractivity contribution in [3.8, 4) is 0 Å². The van der Waals surface area contributed by atoms with E-state index in [1.54, 1.807) is 0 Å². The molecule has 0 heterocycles. The van der Waals surface area contributed by atoms with Crippen molar-refractivity contribution >= 4 is 5.97 Å². The Morgan fingerprint density at radius 2 is 1.38 bits per heavy atom. The number of aliphatic carboxylic acids is 1. The number of carbonyl (C=O) groups is 1. The van der Waals surface area contributed by atoms with E-state index in [0.29, 0.717) is 0 Å². The maximum absolute atomic E-state index is 9.98. The van der Waals surface area contributed by atoms with Crippen LogP contribution in [0.2, 0.25) is 0 Å². The lowest BCUT2D eigenvalue weighted by molar-refractivity contribution is -0.144. The van der Waals surface area contributed by atoms with Crippen molar-refractivity contribution in [2.45, 2.75) is 19.3 Å². The maximum Gasteiger partial charge on any atom is 0.306 e. The molecule has 2 rings (SSSR count). The molecule has 1 N–H and O–H groups in total. The molecule has 0 saturated heterocycles. The van der Waals surface area contributed by atoms with Crippen molar-refractivity contribution in [3.05, 3.63) is 36.4 Å². The van der Waals surface area contributed by atoms with E-state index in [1.807, 2.05) is 36.4 Å². The largest absolute Gasteiger partial charge is 0.481 e. The Kier molecular flexibility index (Phi) is 4.03. The highest BCUT2D eigenvalue weighted by molar-refractivity contribution is 5.70. The molecule has 13 heavy (non-hydrogen) atoms. The molecule has 2 nitrogen and oxygen atoms in total. The molecule has 0 aromatic heterocycles. The molecular weight excluding hydrogens is 164 g/mol. The second kappa shape index (κ2) is 5.36. The van der Waals surface area contributed by atoms with Gasteiger partial charge in [-0.05, 0) is 12.8 Å². The lowest BCUT2D eigenvalue weighted by atomic mass is 9.86. The van der Waals surface area contributed by atoms with Gasteiger partial charge >= 0.3 is 5.97 Å². The highest BCUT2D eigenvalue weighted by Crippen LogP contribution is 2.25. The van der Waals surface area contributed by atoms with Crippen LogP contribution >= 0.6 is 0 Å². The fourth-order valence-electron chi connectivity index (χ4n) is 1.04. The van der Waals surface area contributed by atoms with Gasteiger partial charge in [0.25, 0.3) is 0 Å². The van der Waals surface area contributed by atoms with Crippen LogP contribution in [0.4, 0.5) is 0 Å². The van der Waals surface area contributed by atoms with Gasteiger partial charge in [-0.25, -0.2) is 0 Å². The van der Waals surface area contributed by atoms with Crippen LogP contribution < -0.4 is 0 Å². The van der Waals surface area contributed by atoms with Gasteiger partial charge in [0, 0.05) is 0 Å². The van der Waals surface area contributed by atoms with Crippen LogP contribution in [0.1, 0.15) is 19.3 Å². The van der Waals surface area contributed by atoms with Crippen LogP contribution in [0, 0.1) is 5.92 Å². The van der Waals surface area contributed by atoms with E-state index in [9.17, 15) is 4.79 Å². The molecule has 0 spiro atoms. The highest BCUT2D eigenvalue weighted by atomic mass is 16.4. The number of benzene rings is 1.